The van der Waals surface area contributed by atoms with Gasteiger partial charge in [0.2, 0.25) is 0 Å². The number of rotatable bonds is 8. The molecule has 2 atom stereocenters. The SMILES string of the molecule is CCCCCC(N)C(CC)OCC. The van der Waals surface area contributed by atoms with Crippen LogP contribution in [0.4, 0.5) is 0 Å². The Morgan fingerprint density at radius 2 is 1.85 bits per heavy atom. The molecule has 2 N–H and O–H groups in total. The second kappa shape index (κ2) is 8.52. The van der Waals surface area contributed by atoms with E-state index >= 15 is 0 Å². The van der Waals surface area contributed by atoms with Gasteiger partial charge in [-0.05, 0) is 19.8 Å². The van der Waals surface area contributed by atoms with Crippen LogP contribution < -0.4 is 5.73 Å². The Bertz CT molecular complexity index is 106. The highest BCUT2D eigenvalue weighted by atomic mass is 16.5. The second-order valence-electron chi connectivity index (χ2n) is 3.56. The monoisotopic (exact) mass is 187 g/mol. The van der Waals surface area contributed by atoms with Gasteiger partial charge in [-0.25, -0.2) is 0 Å². The van der Waals surface area contributed by atoms with Crippen LogP contribution in [0.25, 0.3) is 0 Å². The summed E-state index contributed by atoms with van der Waals surface area (Å²) in [6.07, 6.45) is 6.19. The number of ether oxygens (including phenoxy) is 1. The van der Waals surface area contributed by atoms with Crippen LogP contribution in [0, 0.1) is 0 Å². The van der Waals surface area contributed by atoms with Crippen molar-refractivity contribution < 1.29 is 4.74 Å². The fourth-order valence-electron chi connectivity index (χ4n) is 1.57. The summed E-state index contributed by atoms with van der Waals surface area (Å²) in [5.41, 5.74) is 6.03. The van der Waals surface area contributed by atoms with Crippen molar-refractivity contribution in [2.75, 3.05) is 6.61 Å². The summed E-state index contributed by atoms with van der Waals surface area (Å²) in [7, 11) is 0. The van der Waals surface area contributed by atoms with Crippen molar-refractivity contribution in [3.05, 3.63) is 0 Å². The summed E-state index contributed by atoms with van der Waals surface area (Å²) in [4.78, 5) is 0. The maximum atomic E-state index is 6.03. The lowest BCUT2D eigenvalue weighted by Gasteiger charge is -2.22. The molecule has 80 valence electrons. The third-order valence-corrected chi connectivity index (χ3v) is 2.40. The lowest BCUT2D eigenvalue weighted by atomic mass is 10.0. The largest absolute Gasteiger partial charge is 0.377 e. The molecule has 0 rings (SSSR count). The van der Waals surface area contributed by atoms with E-state index in [4.69, 9.17) is 10.5 Å². The fraction of sp³-hybridized carbons (Fsp3) is 1.00. The predicted octanol–water partition coefficient (Wildman–Crippen LogP) is 2.71. The average molecular weight is 187 g/mol. The first-order valence-electron chi connectivity index (χ1n) is 5.63. The zero-order valence-electron chi connectivity index (χ0n) is 9.38. The summed E-state index contributed by atoms with van der Waals surface area (Å²) in [6, 6.07) is 0.233. The van der Waals surface area contributed by atoms with Crippen molar-refractivity contribution in [1.82, 2.24) is 0 Å². The van der Waals surface area contributed by atoms with E-state index in [-0.39, 0.29) is 12.1 Å². The molecule has 0 aromatic heterocycles. The summed E-state index contributed by atoms with van der Waals surface area (Å²) in [5, 5.41) is 0. The molecule has 0 aliphatic rings. The lowest BCUT2D eigenvalue weighted by Crippen LogP contribution is -2.36. The number of hydrogen-bond acceptors (Lipinski definition) is 2. The summed E-state index contributed by atoms with van der Waals surface area (Å²) in [5.74, 6) is 0. The van der Waals surface area contributed by atoms with Crippen LogP contribution in [0.1, 0.15) is 52.9 Å². The van der Waals surface area contributed by atoms with Gasteiger partial charge >= 0.3 is 0 Å². The number of unbranched alkanes of at least 4 members (excludes halogenated alkanes) is 2. The van der Waals surface area contributed by atoms with E-state index in [1.165, 1.54) is 19.3 Å². The summed E-state index contributed by atoms with van der Waals surface area (Å²) in [6.45, 7) is 7.16. The zero-order valence-corrected chi connectivity index (χ0v) is 9.38. The van der Waals surface area contributed by atoms with Crippen molar-refractivity contribution in [3.63, 3.8) is 0 Å². The molecule has 0 bridgehead atoms. The highest BCUT2D eigenvalue weighted by Crippen LogP contribution is 2.10. The molecule has 0 saturated carbocycles. The first kappa shape index (κ1) is 12.9. The molecule has 0 aliphatic carbocycles. The van der Waals surface area contributed by atoms with Gasteiger partial charge < -0.3 is 10.5 Å². The van der Waals surface area contributed by atoms with Gasteiger partial charge in [-0.2, -0.15) is 0 Å². The summed E-state index contributed by atoms with van der Waals surface area (Å²) < 4.78 is 5.56. The normalized spacial score (nSPS) is 15.7. The molecule has 2 heteroatoms. The van der Waals surface area contributed by atoms with Crippen molar-refractivity contribution in [1.29, 1.82) is 0 Å². The van der Waals surface area contributed by atoms with Crippen LogP contribution in [0.5, 0.6) is 0 Å². The fourth-order valence-corrected chi connectivity index (χ4v) is 1.57. The van der Waals surface area contributed by atoms with Gasteiger partial charge in [-0.1, -0.05) is 33.1 Å². The van der Waals surface area contributed by atoms with Crippen molar-refractivity contribution >= 4 is 0 Å². The van der Waals surface area contributed by atoms with Gasteiger partial charge in [-0.3, -0.25) is 0 Å². The van der Waals surface area contributed by atoms with Crippen LogP contribution in [-0.4, -0.2) is 18.8 Å². The molecular weight excluding hydrogens is 162 g/mol. The quantitative estimate of drug-likeness (QED) is 0.593. The Hall–Kier alpha value is -0.0800. The van der Waals surface area contributed by atoms with Gasteiger partial charge in [-0.15, -0.1) is 0 Å². The minimum Gasteiger partial charge on any atom is -0.377 e. The summed E-state index contributed by atoms with van der Waals surface area (Å²) >= 11 is 0. The topological polar surface area (TPSA) is 35.2 Å². The molecule has 0 aromatic rings. The minimum absolute atomic E-state index is 0.233. The second-order valence-corrected chi connectivity index (χ2v) is 3.56. The molecule has 2 unspecified atom stereocenters. The van der Waals surface area contributed by atoms with Gasteiger partial charge in [0.1, 0.15) is 0 Å². The molecule has 0 radical (unpaired) electrons. The first-order chi connectivity index (χ1) is 6.26. The zero-order chi connectivity index (χ0) is 10.1. The van der Waals surface area contributed by atoms with Gasteiger partial charge in [0.25, 0.3) is 0 Å². The van der Waals surface area contributed by atoms with Crippen LogP contribution in [0.2, 0.25) is 0 Å². The van der Waals surface area contributed by atoms with E-state index in [0.717, 1.165) is 19.4 Å². The molecule has 0 aromatic carbocycles. The predicted molar refractivity (Wildman–Crippen MR) is 57.8 cm³/mol. The van der Waals surface area contributed by atoms with Crippen molar-refractivity contribution in [2.24, 2.45) is 5.73 Å². The molecule has 0 aliphatic heterocycles. The van der Waals surface area contributed by atoms with E-state index in [9.17, 15) is 0 Å². The first-order valence-corrected chi connectivity index (χ1v) is 5.63. The number of hydrogen-bond donors (Lipinski definition) is 1. The van der Waals surface area contributed by atoms with Gasteiger partial charge in [0.15, 0.2) is 0 Å². The average Bonchev–Trinajstić information content (AvgIpc) is 2.14. The molecule has 13 heavy (non-hydrogen) atoms. The Kier molecular flexibility index (Phi) is 8.46. The van der Waals surface area contributed by atoms with E-state index in [1.54, 1.807) is 0 Å². The highest BCUT2D eigenvalue weighted by molar-refractivity contribution is 4.71. The van der Waals surface area contributed by atoms with E-state index in [2.05, 4.69) is 13.8 Å². The maximum absolute atomic E-state index is 6.03. The molecule has 0 spiro atoms. The van der Waals surface area contributed by atoms with Crippen LogP contribution in [0.3, 0.4) is 0 Å². The van der Waals surface area contributed by atoms with Crippen LogP contribution in [-0.2, 0) is 4.74 Å². The standard InChI is InChI=1S/C11H25NO/c1-4-7-8-9-10(12)11(5-2)13-6-3/h10-11H,4-9,12H2,1-3H3. The molecule has 0 heterocycles. The Balaban J connectivity index is 3.57. The van der Waals surface area contributed by atoms with Gasteiger partial charge in [0, 0.05) is 12.6 Å². The van der Waals surface area contributed by atoms with Crippen molar-refractivity contribution in [3.8, 4) is 0 Å². The van der Waals surface area contributed by atoms with Gasteiger partial charge in [0.05, 0.1) is 6.10 Å². The Labute approximate surface area is 82.8 Å². The molecule has 0 saturated heterocycles. The van der Waals surface area contributed by atoms with Crippen LogP contribution in [0.15, 0.2) is 0 Å². The van der Waals surface area contributed by atoms with Crippen molar-refractivity contribution in [2.45, 2.75) is 65.0 Å². The third kappa shape index (κ3) is 6.05. The Morgan fingerprint density at radius 3 is 2.31 bits per heavy atom. The number of nitrogens with two attached hydrogens (primary N) is 1. The minimum atomic E-state index is 0.233. The lowest BCUT2D eigenvalue weighted by molar-refractivity contribution is 0.0391. The van der Waals surface area contributed by atoms with E-state index < -0.39 is 0 Å². The van der Waals surface area contributed by atoms with E-state index in [0.29, 0.717) is 0 Å². The maximum Gasteiger partial charge on any atom is 0.0723 e. The van der Waals surface area contributed by atoms with E-state index in [1.807, 2.05) is 6.92 Å². The Morgan fingerprint density at radius 1 is 1.15 bits per heavy atom. The molecule has 2 nitrogen and oxygen atoms in total. The molecule has 0 amide bonds. The highest BCUT2D eigenvalue weighted by Gasteiger charge is 2.14. The molecule has 0 fully saturated rings. The molecular formula is C11H25NO. The van der Waals surface area contributed by atoms with Crippen LogP contribution >= 0.6 is 0 Å². The third-order valence-electron chi connectivity index (χ3n) is 2.40. The smallest absolute Gasteiger partial charge is 0.0723 e.